The Balaban J connectivity index is 1.85. The Kier molecular flexibility index (Phi) is 10.1. The molecule has 3 atom stereocenters. The second kappa shape index (κ2) is 13.0. The van der Waals surface area contributed by atoms with Crippen LogP contribution in [0.4, 0.5) is 22.0 Å². The van der Waals surface area contributed by atoms with Crippen molar-refractivity contribution in [1.29, 1.82) is 5.26 Å². The van der Waals surface area contributed by atoms with E-state index in [4.69, 9.17) is 0 Å². The van der Waals surface area contributed by atoms with Gasteiger partial charge in [-0.05, 0) is 54.3 Å². The zero-order valence-corrected chi connectivity index (χ0v) is 23.9. The Morgan fingerprint density at radius 1 is 0.929 bits per heavy atom. The molecule has 0 radical (unpaired) electrons. The van der Waals surface area contributed by atoms with Gasteiger partial charge in [0.05, 0.1) is 17.0 Å². The zero-order valence-electron chi connectivity index (χ0n) is 23.0. The molecule has 1 amide bonds. The molecule has 0 fully saturated rings. The van der Waals surface area contributed by atoms with Crippen LogP contribution in [0.2, 0.25) is 0 Å². The molecule has 0 saturated heterocycles. The van der Waals surface area contributed by atoms with Gasteiger partial charge >= 0.3 is 6.18 Å². The standard InChI is InChI=1S/C30H30F5N3O3S/c1-29(2,32)17-26(28(39)37-23(18-36)16-22-6-4-5-7-25(22)31)38-27(30(33,34)35)21-10-8-19(9-11-21)20-12-14-24(15-13-20)42(3,40)41/h4-15,23,26-27,38H,16-17H2,1-3H3,(H,37,39)/t23-,26-,27-/m0/s1. The molecule has 6 nitrogen and oxygen atoms in total. The van der Waals surface area contributed by atoms with Gasteiger partial charge in [-0.2, -0.15) is 18.4 Å². The molecule has 3 rings (SSSR count). The van der Waals surface area contributed by atoms with Gasteiger partial charge in [0, 0.05) is 19.1 Å². The van der Waals surface area contributed by atoms with Crippen LogP contribution in [0, 0.1) is 17.1 Å². The number of benzene rings is 3. The van der Waals surface area contributed by atoms with Crippen molar-refractivity contribution in [3.63, 3.8) is 0 Å². The Labute approximate surface area is 241 Å². The maximum Gasteiger partial charge on any atom is 0.407 e. The molecule has 0 aliphatic heterocycles. The Hall–Kier alpha value is -3.82. The number of nitriles is 1. The summed E-state index contributed by atoms with van der Waals surface area (Å²) in [7, 11) is -3.42. The topological polar surface area (TPSA) is 99.1 Å². The molecule has 0 aromatic heterocycles. The molecular weight excluding hydrogens is 577 g/mol. The van der Waals surface area contributed by atoms with E-state index in [9.17, 15) is 40.4 Å². The fourth-order valence-corrected chi connectivity index (χ4v) is 4.97. The molecule has 0 unspecified atom stereocenters. The lowest BCUT2D eigenvalue weighted by Gasteiger charge is -2.30. The first-order valence-corrected chi connectivity index (χ1v) is 14.7. The van der Waals surface area contributed by atoms with Gasteiger partial charge in [0.2, 0.25) is 5.91 Å². The first kappa shape index (κ1) is 32.7. The van der Waals surface area contributed by atoms with E-state index in [1.807, 2.05) is 0 Å². The second-order valence-electron chi connectivity index (χ2n) is 10.5. The third-order valence-corrected chi connectivity index (χ3v) is 7.54. The lowest BCUT2D eigenvalue weighted by Crippen LogP contribution is -2.53. The number of rotatable bonds is 11. The number of nitrogens with zero attached hydrogens (tertiary/aromatic N) is 1. The summed E-state index contributed by atoms with van der Waals surface area (Å²) in [5, 5.41) is 14.1. The smallest absolute Gasteiger partial charge is 0.339 e. The number of carbonyl (C=O) groups is 1. The van der Waals surface area contributed by atoms with Crippen molar-refractivity contribution in [3.8, 4) is 17.2 Å². The van der Waals surface area contributed by atoms with Crippen LogP contribution in [-0.4, -0.2) is 44.5 Å². The van der Waals surface area contributed by atoms with E-state index in [-0.39, 0.29) is 22.4 Å². The van der Waals surface area contributed by atoms with Gasteiger partial charge in [-0.15, -0.1) is 0 Å². The second-order valence-corrected chi connectivity index (χ2v) is 12.5. The highest BCUT2D eigenvalue weighted by molar-refractivity contribution is 7.90. The molecule has 0 bridgehead atoms. The van der Waals surface area contributed by atoms with Crippen LogP contribution < -0.4 is 10.6 Å². The lowest BCUT2D eigenvalue weighted by atomic mass is 9.96. The number of sulfone groups is 1. The van der Waals surface area contributed by atoms with Gasteiger partial charge in [-0.3, -0.25) is 10.1 Å². The van der Waals surface area contributed by atoms with Crippen molar-refractivity contribution < 1.29 is 35.2 Å². The minimum atomic E-state index is -4.89. The van der Waals surface area contributed by atoms with E-state index < -0.39 is 58.0 Å². The van der Waals surface area contributed by atoms with Crippen LogP contribution >= 0.6 is 0 Å². The molecule has 0 saturated carbocycles. The molecule has 0 heterocycles. The highest BCUT2D eigenvalue weighted by Crippen LogP contribution is 2.35. The summed E-state index contributed by atoms with van der Waals surface area (Å²) in [4.78, 5) is 13.2. The van der Waals surface area contributed by atoms with Crippen molar-refractivity contribution >= 4 is 15.7 Å². The summed E-state index contributed by atoms with van der Waals surface area (Å²) in [6, 6.07) is 13.1. The maximum atomic E-state index is 14.7. The average molecular weight is 608 g/mol. The minimum Gasteiger partial charge on any atom is -0.339 e. The predicted octanol–water partition coefficient (Wildman–Crippen LogP) is 5.85. The first-order valence-electron chi connectivity index (χ1n) is 12.8. The molecule has 2 N–H and O–H groups in total. The van der Waals surface area contributed by atoms with E-state index in [2.05, 4.69) is 10.6 Å². The highest BCUT2D eigenvalue weighted by Gasteiger charge is 2.44. The van der Waals surface area contributed by atoms with Gasteiger partial charge in [-0.25, -0.2) is 17.2 Å². The van der Waals surface area contributed by atoms with Crippen molar-refractivity contribution in [1.82, 2.24) is 10.6 Å². The monoisotopic (exact) mass is 607 g/mol. The van der Waals surface area contributed by atoms with Crippen LogP contribution in [0.3, 0.4) is 0 Å². The minimum absolute atomic E-state index is 0.0943. The summed E-state index contributed by atoms with van der Waals surface area (Å²) in [6.45, 7) is 2.23. The van der Waals surface area contributed by atoms with Crippen LogP contribution in [0.25, 0.3) is 11.1 Å². The van der Waals surface area contributed by atoms with Gasteiger partial charge in [0.1, 0.15) is 23.6 Å². The van der Waals surface area contributed by atoms with Gasteiger partial charge < -0.3 is 5.32 Å². The summed E-state index contributed by atoms with van der Waals surface area (Å²) < 4.78 is 94.9. The molecule has 3 aromatic carbocycles. The van der Waals surface area contributed by atoms with E-state index >= 15 is 0 Å². The normalized spacial score (nSPS) is 14.5. The van der Waals surface area contributed by atoms with E-state index in [1.54, 1.807) is 6.07 Å². The van der Waals surface area contributed by atoms with Crippen molar-refractivity contribution in [2.45, 2.75) is 61.6 Å². The zero-order chi connectivity index (χ0) is 31.3. The van der Waals surface area contributed by atoms with Crippen LogP contribution in [0.15, 0.2) is 77.7 Å². The van der Waals surface area contributed by atoms with Gasteiger partial charge in [0.25, 0.3) is 0 Å². The molecular formula is C30H30F5N3O3S. The summed E-state index contributed by atoms with van der Waals surface area (Å²) in [5.41, 5.74) is -1.10. The lowest BCUT2D eigenvalue weighted by molar-refractivity contribution is -0.161. The molecule has 0 aliphatic rings. The van der Waals surface area contributed by atoms with Gasteiger partial charge in [0.15, 0.2) is 9.84 Å². The predicted molar refractivity (Wildman–Crippen MR) is 148 cm³/mol. The maximum absolute atomic E-state index is 14.7. The Morgan fingerprint density at radius 2 is 1.48 bits per heavy atom. The number of hydrogen-bond donors (Lipinski definition) is 2. The van der Waals surface area contributed by atoms with Crippen molar-refractivity contribution in [2.24, 2.45) is 0 Å². The van der Waals surface area contributed by atoms with E-state index in [0.717, 1.165) is 20.1 Å². The fraction of sp³-hybridized carbons (Fsp3) is 0.333. The van der Waals surface area contributed by atoms with Crippen molar-refractivity contribution in [2.75, 3.05) is 6.26 Å². The molecule has 42 heavy (non-hydrogen) atoms. The summed E-state index contributed by atoms with van der Waals surface area (Å²) in [5.74, 6) is -1.65. The largest absolute Gasteiger partial charge is 0.407 e. The SMILES string of the molecule is CC(C)(F)C[C@H](N[C@@H](c1ccc(-c2ccc(S(C)(=O)=O)cc2)cc1)C(F)(F)F)C(=O)N[C@H](C#N)Cc1ccccc1F. The van der Waals surface area contributed by atoms with E-state index in [0.29, 0.717) is 11.1 Å². The number of carbonyl (C=O) groups excluding carboxylic acids is 1. The van der Waals surface area contributed by atoms with Gasteiger partial charge in [-0.1, -0.05) is 54.6 Å². The first-order chi connectivity index (χ1) is 19.5. The number of nitrogens with one attached hydrogen (secondary N) is 2. The van der Waals surface area contributed by atoms with E-state index in [1.165, 1.54) is 72.8 Å². The molecule has 0 spiro atoms. The third-order valence-electron chi connectivity index (χ3n) is 6.42. The highest BCUT2D eigenvalue weighted by atomic mass is 32.2. The molecule has 12 heteroatoms. The van der Waals surface area contributed by atoms with Crippen molar-refractivity contribution in [3.05, 3.63) is 89.7 Å². The summed E-state index contributed by atoms with van der Waals surface area (Å²) in [6.07, 6.45) is -4.72. The fourth-order valence-electron chi connectivity index (χ4n) is 4.34. The van der Waals surface area contributed by atoms with Crippen LogP contribution in [-0.2, 0) is 21.1 Å². The molecule has 3 aromatic rings. The van der Waals surface area contributed by atoms with Crippen LogP contribution in [0.5, 0.6) is 0 Å². The average Bonchev–Trinajstić information content (AvgIpc) is 2.90. The Bertz CT molecular complexity index is 1530. The van der Waals surface area contributed by atoms with Crippen LogP contribution in [0.1, 0.15) is 37.4 Å². The number of hydrogen-bond acceptors (Lipinski definition) is 5. The number of amides is 1. The molecule has 224 valence electrons. The quantitative estimate of drug-likeness (QED) is 0.267. The number of halogens is 5. The molecule has 0 aliphatic carbocycles. The Morgan fingerprint density at radius 3 is 1.95 bits per heavy atom. The summed E-state index contributed by atoms with van der Waals surface area (Å²) >= 11 is 0. The third kappa shape index (κ3) is 9.09. The number of alkyl halides is 4.